The van der Waals surface area contributed by atoms with Crippen molar-refractivity contribution in [3.05, 3.63) is 38.9 Å². The second kappa shape index (κ2) is 3.49. The summed E-state index contributed by atoms with van der Waals surface area (Å²) >= 11 is 3.22. The molecule has 1 rings (SSSR count). The second-order valence-corrected chi connectivity index (χ2v) is 2.99. The third kappa shape index (κ3) is 2.02. The average molecular weight is 215 g/mol. The van der Waals surface area contributed by atoms with Gasteiger partial charge in [0, 0.05) is 4.47 Å². The van der Waals surface area contributed by atoms with Crippen molar-refractivity contribution in [2.24, 2.45) is 0 Å². The van der Waals surface area contributed by atoms with Crippen LogP contribution in [0.3, 0.4) is 0 Å². The predicted molar refractivity (Wildman–Crippen MR) is 46.1 cm³/mol. The van der Waals surface area contributed by atoms with Gasteiger partial charge in [0.2, 0.25) is 0 Å². The maximum atomic E-state index is 12.8. The molecule has 0 bridgehead atoms. The summed E-state index contributed by atoms with van der Waals surface area (Å²) in [6, 6.07) is 4.67. The molecule has 56 valence electrons. The predicted octanol–water partition coefficient (Wildman–Crippen LogP) is 3.05. The van der Waals surface area contributed by atoms with E-state index in [0.29, 0.717) is 5.56 Å². The largest absolute Gasteiger partial charge is 0.291 e. The number of nitrogens with zero attached hydrogens (tertiary/aromatic N) is 1. The highest BCUT2D eigenvalue weighted by Crippen LogP contribution is 2.15. The fraction of sp³-hybridized carbons (Fsp3) is 0.125. The number of hydrogen-bond donors (Lipinski definition) is 0. The Hall–Kier alpha value is -0.880. The number of benzene rings is 1. The zero-order valence-corrected chi connectivity index (χ0v) is 7.31. The summed E-state index contributed by atoms with van der Waals surface area (Å²) in [6.07, 6.45) is 0. The Balaban J connectivity index is 3.05. The van der Waals surface area contributed by atoms with Crippen molar-refractivity contribution in [2.75, 3.05) is 0 Å². The van der Waals surface area contributed by atoms with Gasteiger partial charge in [-0.1, -0.05) is 20.8 Å². The van der Waals surface area contributed by atoms with E-state index >= 15 is 0 Å². The van der Waals surface area contributed by atoms with E-state index in [1.54, 1.807) is 12.1 Å². The van der Waals surface area contributed by atoms with Crippen molar-refractivity contribution in [1.82, 2.24) is 0 Å². The normalized spacial score (nSPS) is 9.18. The Bertz CT molecular complexity index is 303. The molecule has 0 aliphatic rings. The van der Waals surface area contributed by atoms with E-state index in [0.717, 1.165) is 4.47 Å². The smallest absolute Gasteiger partial charge is 0.206 e. The highest BCUT2D eigenvalue weighted by atomic mass is 79.9. The minimum atomic E-state index is -0.276. The first-order chi connectivity index (χ1) is 5.24. The summed E-state index contributed by atoms with van der Waals surface area (Å²) < 4.78 is 13.7. The van der Waals surface area contributed by atoms with Gasteiger partial charge in [-0.05, 0) is 18.2 Å². The fourth-order valence-corrected chi connectivity index (χ4v) is 1.17. The zero-order chi connectivity index (χ0) is 8.27. The molecule has 11 heavy (non-hydrogen) atoms. The summed E-state index contributed by atoms with van der Waals surface area (Å²) in [5.41, 5.74) is 0.502. The van der Waals surface area contributed by atoms with Gasteiger partial charge in [-0.15, -0.1) is 0 Å². The molecule has 1 aromatic rings. The maximum absolute atomic E-state index is 12.8. The third-order valence-electron chi connectivity index (χ3n) is 1.27. The summed E-state index contributed by atoms with van der Waals surface area (Å²) in [6.45, 7) is 5.14. The highest BCUT2D eigenvalue weighted by Gasteiger charge is 2.05. The zero-order valence-electron chi connectivity index (χ0n) is 5.72. The van der Waals surface area contributed by atoms with Crippen molar-refractivity contribution in [3.8, 4) is 6.57 Å². The SMILES string of the molecule is C#[N+]Cc1cc(Br)ccc1F. The first-order valence-electron chi connectivity index (χ1n) is 3.04. The first kappa shape index (κ1) is 8.22. The van der Waals surface area contributed by atoms with Crippen molar-refractivity contribution >= 4 is 15.9 Å². The van der Waals surface area contributed by atoms with Crippen molar-refractivity contribution in [2.45, 2.75) is 6.54 Å². The third-order valence-corrected chi connectivity index (χ3v) is 1.76. The molecular weight excluding hydrogens is 209 g/mol. The van der Waals surface area contributed by atoms with Crippen LogP contribution in [0.4, 0.5) is 4.39 Å². The van der Waals surface area contributed by atoms with Crippen LogP contribution in [0.1, 0.15) is 5.56 Å². The van der Waals surface area contributed by atoms with Gasteiger partial charge in [0.1, 0.15) is 5.82 Å². The lowest BCUT2D eigenvalue weighted by Gasteiger charge is -1.93. The maximum Gasteiger partial charge on any atom is 0.291 e. The summed E-state index contributed by atoms with van der Waals surface area (Å²) in [5.74, 6) is -0.276. The van der Waals surface area contributed by atoms with Gasteiger partial charge in [-0.3, -0.25) is 0 Å². The van der Waals surface area contributed by atoms with Crippen LogP contribution in [0.15, 0.2) is 22.7 Å². The standard InChI is InChI=1S/C8H6BrFN/c1-11-5-6-4-7(9)2-3-8(6)10/h1-4H,5H2/q+1. The molecule has 0 radical (unpaired) electrons. The van der Waals surface area contributed by atoms with E-state index in [1.807, 2.05) is 0 Å². The van der Waals surface area contributed by atoms with Gasteiger partial charge in [0.15, 0.2) is 0 Å². The van der Waals surface area contributed by atoms with E-state index in [1.165, 1.54) is 6.07 Å². The monoisotopic (exact) mass is 214 g/mol. The number of halogens is 2. The molecule has 1 aromatic carbocycles. The fourth-order valence-electron chi connectivity index (χ4n) is 0.763. The second-order valence-electron chi connectivity index (χ2n) is 2.08. The molecule has 0 saturated carbocycles. The van der Waals surface area contributed by atoms with Gasteiger partial charge in [-0.2, -0.15) is 0 Å². The average Bonchev–Trinajstić information content (AvgIpc) is 1.98. The van der Waals surface area contributed by atoms with Crippen LogP contribution in [-0.2, 0) is 6.54 Å². The molecule has 0 heterocycles. The van der Waals surface area contributed by atoms with Crippen LogP contribution in [0.5, 0.6) is 0 Å². The Morgan fingerprint density at radius 2 is 2.27 bits per heavy atom. The van der Waals surface area contributed by atoms with E-state index < -0.39 is 0 Å². The number of rotatable bonds is 1. The topological polar surface area (TPSA) is 4.36 Å². The molecule has 0 fully saturated rings. The van der Waals surface area contributed by atoms with E-state index in [-0.39, 0.29) is 12.4 Å². The lowest BCUT2D eigenvalue weighted by atomic mass is 10.2. The molecule has 0 aliphatic heterocycles. The van der Waals surface area contributed by atoms with Gasteiger partial charge in [0.05, 0.1) is 5.56 Å². The van der Waals surface area contributed by atoms with Crippen molar-refractivity contribution < 1.29 is 4.39 Å². The molecule has 0 aromatic heterocycles. The van der Waals surface area contributed by atoms with Gasteiger partial charge in [-0.25, -0.2) is 4.39 Å². The van der Waals surface area contributed by atoms with Gasteiger partial charge >= 0.3 is 0 Å². The van der Waals surface area contributed by atoms with E-state index in [9.17, 15) is 4.39 Å². The van der Waals surface area contributed by atoms with Crippen molar-refractivity contribution in [1.29, 1.82) is 0 Å². The Morgan fingerprint density at radius 1 is 1.55 bits per heavy atom. The Morgan fingerprint density at radius 3 is 2.91 bits per heavy atom. The molecule has 0 unspecified atom stereocenters. The first-order valence-corrected chi connectivity index (χ1v) is 3.84. The molecule has 0 saturated heterocycles. The van der Waals surface area contributed by atoms with E-state index in [2.05, 4.69) is 20.8 Å². The lowest BCUT2D eigenvalue weighted by molar-refractivity contribution is 0.614. The van der Waals surface area contributed by atoms with Gasteiger partial charge < -0.3 is 0 Å². The number of hydrogen-bond acceptors (Lipinski definition) is 0. The van der Waals surface area contributed by atoms with Crippen LogP contribution < -0.4 is 0 Å². The molecule has 0 N–H and O–H groups in total. The van der Waals surface area contributed by atoms with Crippen LogP contribution in [0, 0.1) is 12.4 Å². The molecule has 0 atom stereocenters. The molecule has 0 spiro atoms. The minimum Gasteiger partial charge on any atom is -0.206 e. The van der Waals surface area contributed by atoms with Crippen LogP contribution in [0.25, 0.3) is 4.85 Å². The molecule has 1 nitrogen and oxygen atoms in total. The summed E-state index contributed by atoms with van der Waals surface area (Å²) in [5, 5.41) is 0. The lowest BCUT2D eigenvalue weighted by Crippen LogP contribution is -1.85. The molecule has 0 amide bonds. The minimum absolute atomic E-state index is 0.214. The highest BCUT2D eigenvalue weighted by molar-refractivity contribution is 9.10. The Labute approximate surface area is 72.8 Å². The molecular formula is C8H6BrFN+. The van der Waals surface area contributed by atoms with Gasteiger partial charge in [0.25, 0.3) is 13.1 Å². The van der Waals surface area contributed by atoms with Crippen LogP contribution >= 0.6 is 15.9 Å². The van der Waals surface area contributed by atoms with Crippen LogP contribution in [-0.4, -0.2) is 0 Å². The molecule has 0 aliphatic carbocycles. The van der Waals surface area contributed by atoms with Crippen molar-refractivity contribution in [3.63, 3.8) is 0 Å². The summed E-state index contributed by atoms with van der Waals surface area (Å²) in [4.78, 5) is 3.35. The van der Waals surface area contributed by atoms with E-state index in [4.69, 9.17) is 6.57 Å². The quantitative estimate of drug-likeness (QED) is 0.678. The van der Waals surface area contributed by atoms with Crippen LogP contribution in [0.2, 0.25) is 0 Å². The Kier molecular flexibility index (Phi) is 2.61. The summed E-state index contributed by atoms with van der Waals surface area (Å²) in [7, 11) is 0. The molecule has 3 heteroatoms.